The Kier molecular flexibility index (Phi) is 5.19. The Labute approximate surface area is 103 Å². The average molecular weight is 239 g/mol. The van der Waals surface area contributed by atoms with Crippen molar-refractivity contribution >= 4 is 12.4 Å². The van der Waals surface area contributed by atoms with E-state index in [0.717, 1.165) is 31.4 Å². The minimum atomic E-state index is -0.311. The van der Waals surface area contributed by atoms with Crippen molar-refractivity contribution in [2.24, 2.45) is 5.92 Å². The molecule has 0 aromatic rings. The summed E-state index contributed by atoms with van der Waals surface area (Å²) in [5, 5.41) is 0. The molecule has 0 radical (unpaired) electrons. The lowest BCUT2D eigenvalue weighted by atomic mass is 9.99. The van der Waals surface area contributed by atoms with Crippen LogP contribution in [0.3, 0.4) is 0 Å². The molecule has 4 heteroatoms. The molecule has 0 aliphatic carbocycles. The van der Waals surface area contributed by atoms with E-state index >= 15 is 0 Å². The van der Waals surface area contributed by atoms with Crippen LogP contribution >= 0.6 is 0 Å². The molecular formula is C13H21NO3. The van der Waals surface area contributed by atoms with Crippen molar-refractivity contribution in [2.45, 2.75) is 40.0 Å². The summed E-state index contributed by atoms with van der Waals surface area (Å²) in [7, 11) is 0. The smallest absolute Gasteiger partial charge is 0.336 e. The molecule has 0 saturated carbocycles. The van der Waals surface area contributed by atoms with Crippen LogP contribution in [0.4, 0.5) is 0 Å². The summed E-state index contributed by atoms with van der Waals surface area (Å²) in [5.74, 6) is 0.325. The van der Waals surface area contributed by atoms with Crippen molar-refractivity contribution in [3.05, 3.63) is 11.3 Å². The van der Waals surface area contributed by atoms with Gasteiger partial charge in [0.1, 0.15) is 6.61 Å². The highest BCUT2D eigenvalue weighted by molar-refractivity contribution is 5.91. The second-order valence-electron chi connectivity index (χ2n) is 4.42. The highest BCUT2D eigenvalue weighted by Crippen LogP contribution is 2.20. The third-order valence-corrected chi connectivity index (χ3v) is 3.49. The van der Waals surface area contributed by atoms with Crippen LogP contribution in [0.25, 0.3) is 0 Å². The van der Waals surface area contributed by atoms with Gasteiger partial charge in [0, 0.05) is 6.54 Å². The predicted octanol–water partition coefficient (Wildman–Crippen LogP) is 2.10. The molecule has 0 N–H and O–H groups in total. The molecule has 1 rings (SSSR count). The quantitative estimate of drug-likeness (QED) is 0.505. The molecule has 96 valence electrons. The number of hydrogen-bond acceptors (Lipinski definition) is 3. The monoisotopic (exact) mass is 239 g/mol. The fourth-order valence-corrected chi connectivity index (χ4v) is 2.04. The molecule has 0 unspecified atom stereocenters. The second-order valence-corrected chi connectivity index (χ2v) is 4.42. The summed E-state index contributed by atoms with van der Waals surface area (Å²) in [6.45, 7) is 6.92. The van der Waals surface area contributed by atoms with E-state index in [1.54, 1.807) is 11.8 Å². The van der Waals surface area contributed by atoms with Gasteiger partial charge in [-0.15, -0.1) is 0 Å². The van der Waals surface area contributed by atoms with Gasteiger partial charge in [0.05, 0.1) is 11.3 Å². The predicted molar refractivity (Wildman–Crippen MR) is 65.1 cm³/mol. The van der Waals surface area contributed by atoms with Crippen LogP contribution in [0.15, 0.2) is 11.3 Å². The zero-order valence-electron chi connectivity index (χ0n) is 10.9. The van der Waals surface area contributed by atoms with Crippen LogP contribution in [0.1, 0.15) is 40.0 Å². The van der Waals surface area contributed by atoms with E-state index in [9.17, 15) is 9.59 Å². The number of rotatable bonds is 7. The molecule has 0 atom stereocenters. The molecule has 1 amide bonds. The van der Waals surface area contributed by atoms with E-state index in [1.165, 1.54) is 0 Å². The number of carbonyl (C=O) groups excluding carboxylic acids is 2. The van der Waals surface area contributed by atoms with Gasteiger partial charge in [-0.25, -0.2) is 4.79 Å². The number of nitrogens with zero attached hydrogens (tertiary/aromatic N) is 1. The van der Waals surface area contributed by atoms with E-state index in [1.807, 2.05) is 0 Å². The lowest BCUT2D eigenvalue weighted by Gasteiger charge is -2.21. The minimum absolute atomic E-state index is 0.228. The van der Waals surface area contributed by atoms with Crippen LogP contribution in [-0.2, 0) is 14.3 Å². The van der Waals surface area contributed by atoms with Gasteiger partial charge in [-0.3, -0.25) is 4.79 Å². The molecule has 0 bridgehead atoms. The highest BCUT2D eigenvalue weighted by Gasteiger charge is 2.25. The summed E-state index contributed by atoms with van der Waals surface area (Å²) in [4.78, 5) is 23.9. The molecule has 0 aromatic heterocycles. The number of cyclic esters (lactones) is 1. The molecule has 0 aromatic carbocycles. The highest BCUT2D eigenvalue weighted by atomic mass is 16.5. The van der Waals surface area contributed by atoms with Gasteiger partial charge in [-0.1, -0.05) is 26.7 Å². The summed E-state index contributed by atoms with van der Waals surface area (Å²) in [6.07, 6.45) is 4.01. The minimum Gasteiger partial charge on any atom is -0.456 e. The molecule has 1 heterocycles. The van der Waals surface area contributed by atoms with Crippen molar-refractivity contribution in [1.82, 2.24) is 4.90 Å². The van der Waals surface area contributed by atoms with Gasteiger partial charge in [-0.2, -0.15) is 0 Å². The number of esters is 1. The number of amides is 1. The molecule has 1 aliphatic rings. The lowest BCUT2D eigenvalue weighted by molar-refractivity contribution is -0.136. The van der Waals surface area contributed by atoms with Crippen LogP contribution in [0.5, 0.6) is 0 Å². The maximum absolute atomic E-state index is 11.2. The molecule has 0 fully saturated rings. The van der Waals surface area contributed by atoms with Gasteiger partial charge in [0.25, 0.3) is 0 Å². The van der Waals surface area contributed by atoms with Crippen molar-refractivity contribution in [3.8, 4) is 0 Å². The van der Waals surface area contributed by atoms with Crippen LogP contribution in [0, 0.1) is 5.92 Å². The average Bonchev–Trinajstić information content (AvgIpc) is 2.67. The Morgan fingerprint density at radius 1 is 1.41 bits per heavy atom. The molecule has 0 saturated heterocycles. The van der Waals surface area contributed by atoms with Crippen molar-refractivity contribution in [2.75, 3.05) is 13.2 Å². The van der Waals surface area contributed by atoms with E-state index < -0.39 is 0 Å². The van der Waals surface area contributed by atoms with Crippen molar-refractivity contribution in [1.29, 1.82) is 0 Å². The first kappa shape index (κ1) is 13.7. The zero-order chi connectivity index (χ0) is 12.8. The Morgan fingerprint density at radius 3 is 2.47 bits per heavy atom. The van der Waals surface area contributed by atoms with Crippen molar-refractivity contribution < 1.29 is 14.3 Å². The fraction of sp³-hybridized carbons (Fsp3) is 0.692. The zero-order valence-corrected chi connectivity index (χ0v) is 10.9. The van der Waals surface area contributed by atoms with Gasteiger partial charge in [0.2, 0.25) is 6.41 Å². The summed E-state index contributed by atoms with van der Waals surface area (Å²) in [5.41, 5.74) is 1.28. The molecule has 0 spiro atoms. The second kappa shape index (κ2) is 6.42. The van der Waals surface area contributed by atoms with E-state index in [-0.39, 0.29) is 12.6 Å². The number of ether oxygens (including phenoxy) is 1. The molecule has 1 aliphatic heterocycles. The largest absolute Gasteiger partial charge is 0.456 e. The Balaban J connectivity index is 2.61. The van der Waals surface area contributed by atoms with Gasteiger partial charge >= 0.3 is 5.97 Å². The number of hydrogen-bond donors (Lipinski definition) is 0. The third kappa shape index (κ3) is 3.32. The first-order valence-electron chi connectivity index (χ1n) is 6.22. The normalized spacial score (nSPS) is 15.4. The SMILES string of the molecule is CCC(CC)CCN(C=O)C1=C(C)C(=O)OC1. The summed E-state index contributed by atoms with van der Waals surface area (Å²) in [6, 6.07) is 0. The first-order valence-corrected chi connectivity index (χ1v) is 6.22. The van der Waals surface area contributed by atoms with Crippen LogP contribution in [-0.4, -0.2) is 30.4 Å². The van der Waals surface area contributed by atoms with Gasteiger partial charge in [0.15, 0.2) is 0 Å². The van der Waals surface area contributed by atoms with Gasteiger partial charge in [-0.05, 0) is 19.3 Å². The Hall–Kier alpha value is -1.32. The van der Waals surface area contributed by atoms with Gasteiger partial charge < -0.3 is 9.64 Å². The molecule has 4 nitrogen and oxygen atoms in total. The maximum atomic E-state index is 11.2. The fourth-order valence-electron chi connectivity index (χ4n) is 2.04. The van der Waals surface area contributed by atoms with E-state index in [2.05, 4.69) is 13.8 Å². The lowest BCUT2D eigenvalue weighted by Crippen LogP contribution is -2.25. The Morgan fingerprint density at radius 2 is 2.06 bits per heavy atom. The molecule has 17 heavy (non-hydrogen) atoms. The third-order valence-electron chi connectivity index (χ3n) is 3.49. The molecular weight excluding hydrogens is 218 g/mol. The van der Waals surface area contributed by atoms with E-state index in [0.29, 0.717) is 18.0 Å². The summed E-state index contributed by atoms with van der Waals surface area (Å²) < 4.78 is 4.91. The summed E-state index contributed by atoms with van der Waals surface area (Å²) >= 11 is 0. The van der Waals surface area contributed by atoms with Crippen LogP contribution < -0.4 is 0 Å². The van der Waals surface area contributed by atoms with E-state index in [4.69, 9.17) is 4.74 Å². The standard InChI is InChI=1S/C13H21NO3/c1-4-11(5-2)6-7-14(9-15)12-8-17-13(16)10(12)3/h9,11H,4-8H2,1-3H3. The van der Waals surface area contributed by atoms with Crippen molar-refractivity contribution in [3.63, 3.8) is 0 Å². The maximum Gasteiger partial charge on any atom is 0.336 e. The topological polar surface area (TPSA) is 46.6 Å². The first-order chi connectivity index (χ1) is 8.13. The number of carbonyl (C=O) groups is 2. The van der Waals surface area contributed by atoms with Crippen LogP contribution in [0.2, 0.25) is 0 Å². The Bertz CT molecular complexity index is 319.